The third-order valence-corrected chi connectivity index (χ3v) is 5.33. The molecule has 5 rings (SSSR count). The van der Waals surface area contributed by atoms with Gasteiger partial charge in [-0.3, -0.25) is 9.78 Å². The van der Waals surface area contributed by atoms with Crippen LogP contribution in [0, 0.1) is 0 Å². The van der Waals surface area contributed by atoms with E-state index in [4.69, 9.17) is 4.98 Å². The Morgan fingerprint density at radius 2 is 2.04 bits per heavy atom. The number of aryl methyl sites for hydroxylation is 1. The Balaban J connectivity index is 1.55. The van der Waals surface area contributed by atoms with Gasteiger partial charge in [-0.15, -0.1) is 0 Å². The zero-order chi connectivity index (χ0) is 19.3. The Hall–Kier alpha value is -3.28. The van der Waals surface area contributed by atoms with Gasteiger partial charge in [-0.1, -0.05) is 18.2 Å². The minimum Gasteiger partial charge on any atom is -0.321 e. The Morgan fingerprint density at radius 1 is 1.18 bits per heavy atom. The van der Waals surface area contributed by atoms with Gasteiger partial charge in [0.15, 0.2) is 5.65 Å². The van der Waals surface area contributed by atoms with E-state index < -0.39 is 0 Å². The Bertz CT molecular complexity index is 1220. The number of hydrogen-bond donors (Lipinski definition) is 1. The maximum atomic E-state index is 13.2. The number of aromatic nitrogens is 4. The summed E-state index contributed by atoms with van der Waals surface area (Å²) in [6.07, 6.45) is 6.36. The number of benzene rings is 1. The van der Waals surface area contributed by atoms with Crippen LogP contribution in [-0.2, 0) is 12.8 Å². The lowest BCUT2D eigenvalue weighted by molar-refractivity contribution is 0.102. The van der Waals surface area contributed by atoms with E-state index in [0.717, 1.165) is 58.0 Å². The molecule has 6 nitrogen and oxygen atoms in total. The van der Waals surface area contributed by atoms with Crippen LogP contribution in [0.2, 0.25) is 0 Å². The van der Waals surface area contributed by atoms with Crippen molar-refractivity contribution in [3.63, 3.8) is 0 Å². The topological polar surface area (TPSA) is 72.7 Å². The minimum absolute atomic E-state index is 0.103. The summed E-state index contributed by atoms with van der Waals surface area (Å²) in [5.41, 5.74) is 5.25. The summed E-state index contributed by atoms with van der Waals surface area (Å²) in [6, 6.07) is 10.0. The van der Waals surface area contributed by atoms with Crippen LogP contribution in [0.1, 0.15) is 47.9 Å². The van der Waals surface area contributed by atoms with Crippen LogP contribution < -0.4 is 5.32 Å². The molecule has 1 aliphatic rings. The molecule has 3 aromatic heterocycles. The normalized spacial score (nSPS) is 13.4. The molecule has 0 bridgehead atoms. The van der Waals surface area contributed by atoms with Gasteiger partial charge in [0.05, 0.1) is 29.2 Å². The number of anilines is 1. The molecule has 0 spiro atoms. The first-order valence-corrected chi connectivity index (χ1v) is 9.67. The number of amides is 1. The molecule has 0 radical (unpaired) electrons. The van der Waals surface area contributed by atoms with Gasteiger partial charge in [0.1, 0.15) is 0 Å². The van der Waals surface area contributed by atoms with Crippen molar-refractivity contribution in [3.8, 4) is 0 Å². The molecule has 0 unspecified atom stereocenters. The van der Waals surface area contributed by atoms with E-state index >= 15 is 0 Å². The molecular weight excluding hydrogens is 350 g/mol. The molecule has 28 heavy (non-hydrogen) atoms. The van der Waals surface area contributed by atoms with Crippen molar-refractivity contribution in [2.75, 3.05) is 5.32 Å². The highest BCUT2D eigenvalue weighted by Crippen LogP contribution is 2.30. The Labute approximate surface area is 162 Å². The number of nitrogens with zero attached hydrogens (tertiary/aromatic N) is 4. The molecule has 1 aromatic carbocycles. The van der Waals surface area contributed by atoms with Gasteiger partial charge in [-0.05, 0) is 50.8 Å². The smallest absolute Gasteiger partial charge is 0.256 e. The summed E-state index contributed by atoms with van der Waals surface area (Å²) in [6.45, 7) is 4.14. The molecule has 0 saturated heterocycles. The second-order valence-electron chi connectivity index (χ2n) is 7.56. The number of carbonyl (C=O) groups excluding carboxylic acids is 1. The Morgan fingerprint density at radius 3 is 2.89 bits per heavy atom. The van der Waals surface area contributed by atoms with Crippen molar-refractivity contribution < 1.29 is 4.79 Å². The fourth-order valence-electron chi connectivity index (χ4n) is 4.05. The van der Waals surface area contributed by atoms with E-state index in [-0.39, 0.29) is 11.9 Å². The molecule has 4 aromatic rings. The molecule has 0 fully saturated rings. The number of rotatable bonds is 3. The van der Waals surface area contributed by atoms with Gasteiger partial charge in [-0.25, -0.2) is 9.67 Å². The first-order chi connectivity index (χ1) is 13.6. The largest absolute Gasteiger partial charge is 0.321 e. The fraction of sp³-hybridized carbons (Fsp3) is 0.273. The monoisotopic (exact) mass is 371 g/mol. The van der Waals surface area contributed by atoms with Gasteiger partial charge in [0.25, 0.3) is 5.91 Å². The van der Waals surface area contributed by atoms with E-state index in [9.17, 15) is 4.79 Å². The van der Waals surface area contributed by atoms with E-state index in [1.807, 2.05) is 35.0 Å². The van der Waals surface area contributed by atoms with Crippen LogP contribution in [0.25, 0.3) is 21.9 Å². The molecular formula is C22H21N5O. The van der Waals surface area contributed by atoms with Crippen molar-refractivity contribution >= 4 is 33.5 Å². The summed E-state index contributed by atoms with van der Waals surface area (Å²) < 4.78 is 1.88. The van der Waals surface area contributed by atoms with Gasteiger partial charge in [-0.2, -0.15) is 5.10 Å². The summed E-state index contributed by atoms with van der Waals surface area (Å²) in [4.78, 5) is 22.5. The average Bonchev–Trinajstić information content (AvgIpc) is 3.32. The van der Waals surface area contributed by atoms with Gasteiger partial charge in [0, 0.05) is 22.5 Å². The molecule has 140 valence electrons. The highest BCUT2D eigenvalue weighted by atomic mass is 16.1. The lowest BCUT2D eigenvalue weighted by Crippen LogP contribution is -2.16. The summed E-state index contributed by atoms with van der Waals surface area (Å²) in [7, 11) is 0. The standard InChI is InChI=1S/C22H21N5O/c1-13(2)27-21-14(11-24-27)10-15(12-23-21)25-22(28)20-16-6-3-4-8-18(16)26-19-9-5-7-17(19)20/h3-4,6,8,10-13H,5,7,9H2,1-2H3,(H,25,28). The molecule has 1 amide bonds. The second kappa shape index (κ2) is 6.41. The van der Waals surface area contributed by atoms with Gasteiger partial charge < -0.3 is 5.32 Å². The molecule has 0 aliphatic heterocycles. The first-order valence-electron chi connectivity index (χ1n) is 9.67. The number of carbonyl (C=O) groups is 1. The third kappa shape index (κ3) is 2.64. The van der Waals surface area contributed by atoms with Crippen LogP contribution in [0.3, 0.4) is 0 Å². The van der Waals surface area contributed by atoms with E-state index in [1.165, 1.54) is 0 Å². The highest BCUT2D eigenvalue weighted by Gasteiger charge is 2.24. The molecule has 0 saturated carbocycles. The Kier molecular flexibility index (Phi) is 3.86. The van der Waals surface area contributed by atoms with Gasteiger partial charge in [0.2, 0.25) is 0 Å². The summed E-state index contributed by atoms with van der Waals surface area (Å²) in [5.74, 6) is -0.103. The van der Waals surface area contributed by atoms with Crippen LogP contribution in [0.4, 0.5) is 5.69 Å². The zero-order valence-electron chi connectivity index (χ0n) is 15.9. The molecule has 1 N–H and O–H groups in total. The maximum Gasteiger partial charge on any atom is 0.256 e. The van der Waals surface area contributed by atoms with Crippen molar-refractivity contribution in [1.82, 2.24) is 19.7 Å². The number of nitrogens with one attached hydrogen (secondary N) is 1. The predicted octanol–water partition coefficient (Wildman–Crippen LogP) is 4.30. The van der Waals surface area contributed by atoms with Crippen molar-refractivity contribution in [2.45, 2.75) is 39.2 Å². The van der Waals surface area contributed by atoms with Crippen LogP contribution in [0.15, 0.2) is 42.7 Å². The van der Waals surface area contributed by atoms with E-state index in [2.05, 4.69) is 29.2 Å². The molecule has 0 atom stereocenters. The van der Waals surface area contributed by atoms with E-state index in [0.29, 0.717) is 5.69 Å². The van der Waals surface area contributed by atoms with Crippen molar-refractivity contribution in [2.24, 2.45) is 0 Å². The third-order valence-electron chi connectivity index (χ3n) is 5.33. The summed E-state index contributed by atoms with van der Waals surface area (Å²) >= 11 is 0. The first kappa shape index (κ1) is 16.9. The van der Waals surface area contributed by atoms with Crippen molar-refractivity contribution in [3.05, 3.63) is 59.5 Å². The number of hydrogen-bond acceptors (Lipinski definition) is 4. The maximum absolute atomic E-state index is 13.2. The number of pyridine rings is 2. The number of para-hydroxylation sites is 1. The zero-order valence-corrected chi connectivity index (χ0v) is 15.9. The van der Waals surface area contributed by atoms with Crippen LogP contribution in [0.5, 0.6) is 0 Å². The van der Waals surface area contributed by atoms with Crippen LogP contribution in [-0.4, -0.2) is 25.7 Å². The second-order valence-corrected chi connectivity index (χ2v) is 7.56. The lowest BCUT2D eigenvalue weighted by Gasteiger charge is -2.13. The number of fused-ring (bicyclic) bond motifs is 3. The molecule has 6 heteroatoms. The fourth-order valence-corrected chi connectivity index (χ4v) is 4.05. The molecule has 1 aliphatic carbocycles. The predicted molar refractivity (Wildman–Crippen MR) is 110 cm³/mol. The van der Waals surface area contributed by atoms with Crippen LogP contribution >= 0.6 is 0 Å². The van der Waals surface area contributed by atoms with E-state index in [1.54, 1.807) is 12.4 Å². The molecule has 3 heterocycles. The van der Waals surface area contributed by atoms with Crippen molar-refractivity contribution in [1.29, 1.82) is 0 Å². The highest BCUT2D eigenvalue weighted by molar-refractivity contribution is 6.14. The minimum atomic E-state index is -0.103. The average molecular weight is 371 g/mol. The summed E-state index contributed by atoms with van der Waals surface area (Å²) in [5, 5.41) is 9.26. The SMILES string of the molecule is CC(C)n1ncc2cc(NC(=O)c3c4c(nc5ccccc35)CCC4)cnc21. The van der Waals surface area contributed by atoms with Gasteiger partial charge >= 0.3 is 0 Å². The quantitative estimate of drug-likeness (QED) is 0.583. The lowest BCUT2D eigenvalue weighted by atomic mass is 10.0.